The smallest absolute Gasteiger partial charge is 0.222 e. The predicted molar refractivity (Wildman–Crippen MR) is 71.5 cm³/mol. The minimum atomic E-state index is 0. The molecule has 98 valence electrons. The van der Waals surface area contributed by atoms with Gasteiger partial charge in [-0.2, -0.15) is 0 Å². The van der Waals surface area contributed by atoms with E-state index in [-0.39, 0.29) is 13.3 Å². The van der Waals surface area contributed by atoms with E-state index in [9.17, 15) is 4.79 Å². The third kappa shape index (κ3) is 6.83. The highest BCUT2D eigenvalue weighted by molar-refractivity contribution is 5.78. The number of amides is 1. The summed E-state index contributed by atoms with van der Waals surface area (Å²) in [6, 6.07) is 0.315. The van der Waals surface area contributed by atoms with E-state index in [2.05, 4.69) is 38.2 Å². The number of carbonyl (C=O) groups excluding carboxylic acids is 1. The van der Waals surface area contributed by atoms with Gasteiger partial charge in [-0.3, -0.25) is 4.79 Å². The SMILES string of the molecule is CC(C)C(=O)NC(CCCN(C)C)C(C)C.[HH]. The maximum atomic E-state index is 11.6. The first-order valence-electron chi connectivity index (χ1n) is 6.29. The maximum Gasteiger partial charge on any atom is 0.222 e. The Morgan fingerprint density at radius 2 is 1.81 bits per heavy atom. The van der Waals surface area contributed by atoms with Crippen LogP contribution >= 0.6 is 0 Å². The van der Waals surface area contributed by atoms with Crippen molar-refractivity contribution >= 4 is 5.91 Å². The van der Waals surface area contributed by atoms with Crippen molar-refractivity contribution in [2.24, 2.45) is 11.8 Å². The molecule has 0 aromatic heterocycles. The van der Waals surface area contributed by atoms with Crippen molar-refractivity contribution in [3.63, 3.8) is 0 Å². The first-order chi connectivity index (χ1) is 7.34. The number of nitrogens with zero attached hydrogens (tertiary/aromatic N) is 1. The number of nitrogens with one attached hydrogen (secondary N) is 1. The average molecular weight is 230 g/mol. The fraction of sp³-hybridized carbons (Fsp3) is 0.923. The fourth-order valence-corrected chi connectivity index (χ4v) is 1.55. The van der Waals surface area contributed by atoms with Crippen LogP contribution in [0, 0.1) is 11.8 Å². The minimum Gasteiger partial charge on any atom is -0.353 e. The van der Waals surface area contributed by atoms with Crippen molar-refractivity contribution in [1.82, 2.24) is 10.2 Å². The van der Waals surface area contributed by atoms with Gasteiger partial charge < -0.3 is 10.2 Å². The molecule has 3 nitrogen and oxygen atoms in total. The highest BCUT2D eigenvalue weighted by atomic mass is 16.1. The lowest BCUT2D eigenvalue weighted by molar-refractivity contribution is -0.125. The van der Waals surface area contributed by atoms with Gasteiger partial charge in [-0.1, -0.05) is 27.7 Å². The van der Waals surface area contributed by atoms with Crippen molar-refractivity contribution in [3.05, 3.63) is 0 Å². The van der Waals surface area contributed by atoms with Crippen molar-refractivity contribution in [2.75, 3.05) is 20.6 Å². The Hall–Kier alpha value is -0.570. The molecule has 1 unspecified atom stereocenters. The molecular formula is C13H30N2O. The molecule has 0 aromatic carbocycles. The van der Waals surface area contributed by atoms with Gasteiger partial charge in [0.1, 0.15) is 0 Å². The fourth-order valence-electron chi connectivity index (χ4n) is 1.55. The molecule has 1 atom stereocenters. The molecule has 3 heteroatoms. The summed E-state index contributed by atoms with van der Waals surface area (Å²) in [7, 11) is 4.16. The van der Waals surface area contributed by atoms with Crippen LogP contribution in [-0.4, -0.2) is 37.5 Å². The summed E-state index contributed by atoms with van der Waals surface area (Å²) in [5, 5.41) is 3.13. The van der Waals surface area contributed by atoms with Crippen molar-refractivity contribution in [3.8, 4) is 0 Å². The average Bonchev–Trinajstić information content (AvgIpc) is 2.14. The second-order valence-electron chi connectivity index (χ2n) is 5.46. The molecule has 0 saturated heterocycles. The Morgan fingerprint density at radius 1 is 1.25 bits per heavy atom. The number of hydrogen-bond donors (Lipinski definition) is 1. The molecule has 0 spiro atoms. The number of carbonyl (C=O) groups is 1. The molecule has 0 fully saturated rings. The summed E-state index contributed by atoms with van der Waals surface area (Å²) in [5.41, 5.74) is 0. The minimum absolute atomic E-state index is 0. The summed E-state index contributed by atoms with van der Waals surface area (Å²) in [6.45, 7) is 9.29. The van der Waals surface area contributed by atoms with Gasteiger partial charge in [-0.05, 0) is 39.4 Å². The van der Waals surface area contributed by atoms with Crippen LogP contribution in [-0.2, 0) is 4.79 Å². The molecule has 0 rings (SSSR count). The molecular weight excluding hydrogens is 200 g/mol. The van der Waals surface area contributed by atoms with Crippen LogP contribution in [0.25, 0.3) is 0 Å². The van der Waals surface area contributed by atoms with E-state index in [4.69, 9.17) is 0 Å². The number of rotatable bonds is 7. The van der Waals surface area contributed by atoms with Gasteiger partial charge in [0.2, 0.25) is 5.91 Å². The predicted octanol–water partition coefficient (Wildman–Crippen LogP) is 2.37. The third-order valence-corrected chi connectivity index (χ3v) is 2.78. The van der Waals surface area contributed by atoms with Gasteiger partial charge in [0, 0.05) is 13.4 Å². The lowest BCUT2D eigenvalue weighted by atomic mass is 9.98. The van der Waals surface area contributed by atoms with Crippen LogP contribution in [0.5, 0.6) is 0 Å². The molecule has 0 radical (unpaired) electrons. The maximum absolute atomic E-state index is 11.6. The van der Waals surface area contributed by atoms with Gasteiger partial charge >= 0.3 is 0 Å². The highest BCUT2D eigenvalue weighted by Crippen LogP contribution is 2.10. The standard InChI is InChI=1S/C13H28N2O.H2/c1-10(2)12(8-7-9-15(5)6)14-13(16)11(3)4;/h10-12H,7-9H2,1-6H3,(H,14,16);1H. The summed E-state index contributed by atoms with van der Waals surface area (Å²) in [6.07, 6.45) is 2.20. The molecule has 16 heavy (non-hydrogen) atoms. The van der Waals surface area contributed by atoms with Crippen LogP contribution in [0.1, 0.15) is 42.0 Å². The molecule has 0 aliphatic rings. The van der Waals surface area contributed by atoms with Gasteiger partial charge in [0.25, 0.3) is 0 Å². The molecule has 0 heterocycles. The zero-order valence-electron chi connectivity index (χ0n) is 11.7. The van der Waals surface area contributed by atoms with E-state index in [0.717, 1.165) is 19.4 Å². The summed E-state index contributed by atoms with van der Waals surface area (Å²) in [4.78, 5) is 13.8. The van der Waals surface area contributed by atoms with Crippen LogP contribution in [0.15, 0.2) is 0 Å². The van der Waals surface area contributed by atoms with E-state index < -0.39 is 0 Å². The highest BCUT2D eigenvalue weighted by Gasteiger charge is 2.17. The zero-order valence-corrected chi connectivity index (χ0v) is 11.7. The lowest BCUT2D eigenvalue weighted by Gasteiger charge is -2.24. The second-order valence-corrected chi connectivity index (χ2v) is 5.46. The Bertz CT molecular complexity index is 206. The molecule has 0 aromatic rings. The molecule has 1 N–H and O–H groups in total. The van der Waals surface area contributed by atoms with Crippen LogP contribution in [0.2, 0.25) is 0 Å². The summed E-state index contributed by atoms with van der Waals surface area (Å²) in [5.74, 6) is 0.753. The van der Waals surface area contributed by atoms with Gasteiger partial charge in [-0.15, -0.1) is 0 Å². The lowest BCUT2D eigenvalue weighted by Crippen LogP contribution is -2.41. The van der Waals surface area contributed by atoms with Crippen molar-refractivity contribution in [2.45, 2.75) is 46.6 Å². The normalized spacial score (nSPS) is 13.6. The summed E-state index contributed by atoms with van der Waals surface area (Å²) < 4.78 is 0. The largest absolute Gasteiger partial charge is 0.353 e. The Kier molecular flexibility index (Phi) is 7.39. The van der Waals surface area contributed by atoms with Crippen molar-refractivity contribution < 1.29 is 6.22 Å². The Morgan fingerprint density at radius 3 is 2.19 bits per heavy atom. The molecule has 0 bridgehead atoms. The Balaban J connectivity index is 0. The van der Waals surface area contributed by atoms with E-state index in [0.29, 0.717) is 12.0 Å². The first kappa shape index (κ1) is 15.4. The van der Waals surface area contributed by atoms with Crippen molar-refractivity contribution in [1.29, 1.82) is 0 Å². The summed E-state index contributed by atoms with van der Waals surface area (Å²) >= 11 is 0. The topological polar surface area (TPSA) is 32.3 Å². The van der Waals surface area contributed by atoms with Gasteiger partial charge in [0.05, 0.1) is 0 Å². The second kappa shape index (κ2) is 7.66. The first-order valence-corrected chi connectivity index (χ1v) is 6.29. The number of hydrogen-bond acceptors (Lipinski definition) is 2. The Labute approximate surface area is 102 Å². The molecule has 0 saturated carbocycles. The molecule has 1 amide bonds. The third-order valence-electron chi connectivity index (χ3n) is 2.78. The van der Waals surface area contributed by atoms with E-state index in [1.807, 2.05) is 13.8 Å². The van der Waals surface area contributed by atoms with Crippen LogP contribution in [0.4, 0.5) is 0 Å². The molecule has 0 aliphatic carbocycles. The van der Waals surface area contributed by atoms with Crippen LogP contribution < -0.4 is 5.32 Å². The van der Waals surface area contributed by atoms with E-state index >= 15 is 0 Å². The van der Waals surface area contributed by atoms with Gasteiger partial charge in [0.15, 0.2) is 0 Å². The van der Waals surface area contributed by atoms with E-state index in [1.165, 1.54) is 0 Å². The van der Waals surface area contributed by atoms with Crippen LogP contribution in [0.3, 0.4) is 0 Å². The zero-order chi connectivity index (χ0) is 12.7. The van der Waals surface area contributed by atoms with Gasteiger partial charge in [-0.25, -0.2) is 0 Å². The van der Waals surface area contributed by atoms with E-state index in [1.54, 1.807) is 0 Å². The molecule has 0 aliphatic heterocycles. The quantitative estimate of drug-likeness (QED) is 0.728. The monoisotopic (exact) mass is 230 g/mol.